The summed E-state index contributed by atoms with van der Waals surface area (Å²) in [7, 11) is 0. The molecule has 0 aromatic heterocycles. The molecule has 0 rings (SSSR count). The second kappa shape index (κ2) is 64.4. The summed E-state index contributed by atoms with van der Waals surface area (Å²) in [4.78, 5) is 38.3. The van der Waals surface area contributed by atoms with Crippen molar-refractivity contribution >= 4 is 17.9 Å². The fourth-order valence-corrected chi connectivity index (χ4v) is 10.3. The second-order valence-electron chi connectivity index (χ2n) is 23.1. The third kappa shape index (κ3) is 62.6. The van der Waals surface area contributed by atoms with Gasteiger partial charge in [-0.25, -0.2) is 0 Å². The maximum Gasteiger partial charge on any atom is 0.306 e. The number of carbonyl (C=O) groups is 3. The first-order valence-corrected chi connectivity index (χ1v) is 33.8. The molecule has 0 fully saturated rings. The Morgan fingerprint density at radius 2 is 0.453 bits per heavy atom. The van der Waals surface area contributed by atoms with Crippen molar-refractivity contribution in [2.45, 2.75) is 386 Å². The molecule has 6 heteroatoms. The maximum absolute atomic E-state index is 12.9. The minimum absolute atomic E-state index is 0.0679. The van der Waals surface area contributed by atoms with Gasteiger partial charge in [0.15, 0.2) is 6.10 Å². The zero-order valence-electron chi connectivity index (χ0n) is 50.8. The Morgan fingerprint density at radius 1 is 0.253 bits per heavy atom. The van der Waals surface area contributed by atoms with Crippen LogP contribution >= 0.6 is 0 Å². The fraction of sp³-hybridized carbons (Fsp3) is 0.899. The average molecular weight is 1060 g/mol. The minimum atomic E-state index is -0.770. The minimum Gasteiger partial charge on any atom is -0.462 e. The quantitative estimate of drug-likeness (QED) is 0.0261. The van der Waals surface area contributed by atoms with E-state index in [1.54, 1.807) is 0 Å². The topological polar surface area (TPSA) is 78.9 Å². The number of rotatable bonds is 63. The molecule has 1 unspecified atom stereocenters. The molecule has 0 aliphatic heterocycles. The van der Waals surface area contributed by atoms with Crippen molar-refractivity contribution in [2.24, 2.45) is 0 Å². The Bertz CT molecular complexity index is 1210. The molecule has 0 saturated carbocycles. The summed E-state index contributed by atoms with van der Waals surface area (Å²) in [5, 5.41) is 0. The number of hydrogen-bond donors (Lipinski definition) is 0. The molecular weight excluding hydrogens is 925 g/mol. The van der Waals surface area contributed by atoms with Crippen LogP contribution in [0.1, 0.15) is 380 Å². The van der Waals surface area contributed by atoms with Crippen LogP contribution in [0.15, 0.2) is 24.3 Å². The van der Waals surface area contributed by atoms with E-state index in [1.165, 1.54) is 276 Å². The van der Waals surface area contributed by atoms with Gasteiger partial charge in [0, 0.05) is 19.3 Å². The summed E-state index contributed by atoms with van der Waals surface area (Å²) in [6.45, 7) is 6.66. The van der Waals surface area contributed by atoms with E-state index in [0.717, 1.165) is 64.2 Å². The van der Waals surface area contributed by atoms with E-state index in [0.29, 0.717) is 19.3 Å². The standard InChI is InChI=1S/C69H130O6/c1-4-7-10-13-16-19-22-24-26-28-29-30-31-32-33-34-35-36-37-38-39-41-42-44-47-50-53-56-59-62-68(71)74-65-66(64-73-67(70)61-58-55-52-49-46-21-18-15-12-9-6-3)75-69(72)63-60-57-54-51-48-45-43-40-27-25-23-20-17-14-11-8-5-2/h15,18,28-29,66H,4-14,16-17,19-27,30-65H2,1-3H3/b18-15-,29-28-. The van der Waals surface area contributed by atoms with Gasteiger partial charge in [0.25, 0.3) is 0 Å². The zero-order chi connectivity index (χ0) is 54.3. The lowest BCUT2D eigenvalue weighted by Crippen LogP contribution is -2.30. The van der Waals surface area contributed by atoms with E-state index in [9.17, 15) is 14.4 Å². The molecule has 0 N–H and O–H groups in total. The van der Waals surface area contributed by atoms with Gasteiger partial charge >= 0.3 is 17.9 Å². The van der Waals surface area contributed by atoms with Crippen LogP contribution in [0.2, 0.25) is 0 Å². The summed E-state index contributed by atoms with van der Waals surface area (Å²) < 4.78 is 16.9. The zero-order valence-corrected chi connectivity index (χ0v) is 50.8. The van der Waals surface area contributed by atoms with Gasteiger partial charge in [-0.05, 0) is 64.2 Å². The first kappa shape index (κ1) is 72.9. The van der Waals surface area contributed by atoms with Gasteiger partial charge in [0.1, 0.15) is 13.2 Å². The molecule has 442 valence electrons. The Morgan fingerprint density at radius 3 is 0.707 bits per heavy atom. The van der Waals surface area contributed by atoms with E-state index < -0.39 is 6.10 Å². The van der Waals surface area contributed by atoms with Crippen molar-refractivity contribution in [3.8, 4) is 0 Å². The molecular formula is C69H130O6. The second-order valence-corrected chi connectivity index (χ2v) is 23.1. The van der Waals surface area contributed by atoms with Crippen LogP contribution in [0.4, 0.5) is 0 Å². The predicted molar refractivity (Wildman–Crippen MR) is 326 cm³/mol. The molecule has 6 nitrogen and oxygen atoms in total. The van der Waals surface area contributed by atoms with Crippen molar-refractivity contribution in [1.82, 2.24) is 0 Å². The summed E-state index contributed by atoms with van der Waals surface area (Å²) in [6.07, 6.45) is 77.8. The van der Waals surface area contributed by atoms with Crippen LogP contribution < -0.4 is 0 Å². The average Bonchev–Trinajstić information content (AvgIpc) is 3.41. The summed E-state index contributed by atoms with van der Waals surface area (Å²) in [6, 6.07) is 0. The molecule has 0 amide bonds. The van der Waals surface area contributed by atoms with Gasteiger partial charge in [-0.15, -0.1) is 0 Å². The summed E-state index contributed by atoms with van der Waals surface area (Å²) >= 11 is 0. The number of unbranched alkanes of at least 4 members (excludes halogenated alkanes) is 48. The lowest BCUT2D eigenvalue weighted by molar-refractivity contribution is -0.167. The fourth-order valence-electron chi connectivity index (χ4n) is 10.3. The van der Waals surface area contributed by atoms with E-state index in [1.807, 2.05) is 0 Å². The number of hydrogen-bond acceptors (Lipinski definition) is 6. The van der Waals surface area contributed by atoms with Gasteiger partial charge in [-0.1, -0.05) is 321 Å². The van der Waals surface area contributed by atoms with Crippen LogP contribution in [0, 0.1) is 0 Å². The molecule has 0 aromatic carbocycles. The first-order valence-electron chi connectivity index (χ1n) is 33.8. The van der Waals surface area contributed by atoms with Crippen molar-refractivity contribution in [3.63, 3.8) is 0 Å². The van der Waals surface area contributed by atoms with Gasteiger partial charge < -0.3 is 14.2 Å². The Hall–Kier alpha value is -2.11. The van der Waals surface area contributed by atoms with E-state index in [4.69, 9.17) is 14.2 Å². The van der Waals surface area contributed by atoms with Gasteiger partial charge in [0.2, 0.25) is 0 Å². The molecule has 0 aliphatic rings. The summed E-state index contributed by atoms with van der Waals surface area (Å²) in [5.41, 5.74) is 0. The Labute approximate surface area is 468 Å². The van der Waals surface area contributed by atoms with E-state index in [2.05, 4.69) is 45.1 Å². The van der Waals surface area contributed by atoms with Crippen LogP contribution in [-0.4, -0.2) is 37.2 Å². The molecule has 0 bridgehead atoms. The Balaban J connectivity index is 4.12. The molecule has 0 spiro atoms. The molecule has 0 heterocycles. The molecule has 0 saturated heterocycles. The van der Waals surface area contributed by atoms with Gasteiger partial charge in [0.05, 0.1) is 0 Å². The van der Waals surface area contributed by atoms with Crippen LogP contribution in [0.3, 0.4) is 0 Å². The normalized spacial score (nSPS) is 12.1. The SMILES string of the molecule is CCCC/C=C\CCCCCCCC(=O)OCC(COC(=O)CCCCCCCCCCCCCCCCCCC/C=C\CCCCCCCCCC)OC(=O)CCCCCCCCCCCCCCCCCCC. The van der Waals surface area contributed by atoms with Crippen LogP contribution in [0.25, 0.3) is 0 Å². The van der Waals surface area contributed by atoms with Gasteiger partial charge in [-0.3, -0.25) is 14.4 Å². The smallest absolute Gasteiger partial charge is 0.306 e. The highest BCUT2D eigenvalue weighted by Crippen LogP contribution is 2.18. The highest BCUT2D eigenvalue weighted by Gasteiger charge is 2.19. The number of allylic oxidation sites excluding steroid dienone is 4. The highest BCUT2D eigenvalue weighted by atomic mass is 16.6. The monoisotopic (exact) mass is 1050 g/mol. The highest BCUT2D eigenvalue weighted by molar-refractivity contribution is 5.71. The lowest BCUT2D eigenvalue weighted by Gasteiger charge is -2.18. The van der Waals surface area contributed by atoms with Crippen molar-refractivity contribution in [3.05, 3.63) is 24.3 Å². The first-order chi connectivity index (χ1) is 37.0. The van der Waals surface area contributed by atoms with Crippen LogP contribution in [-0.2, 0) is 28.6 Å². The molecule has 0 aliphatic carbocycles. The molecule has 75 heavy (non-hydrogen) atoms. The largest absolute Gasteiger partial charge is 0.462 e. The predicted octanol–water partition coefficient (Wildman–Crippen LogP) is 23.0. The van der Waals surface area contributed by atoms with Crippen molar-refractivity contribution < 1.29 is 28.6 Å². The van der Waals surface area contributed by atoms with Crippen molar-refractivity contribution in [2.75, 3.05) is 13.2 Å². The maximum atomic E-state index is 12.9. The third-order valence-corrected chi connectivity index (χ3v) is 15.4. The Kier molecular flexibility index (Phi) is 62.6. The number of esters is 3. The number of carbonyl (C=O) groups excluding carboxylic acids is 3. The van der Waals surface area contributed by atoms with E-state index >= 15 is 0 Å². The third-order valence-electron chi connectivity index (χ3n) is 15.4. The number of ether oxygens (including phenoxy) is 3. The lowest BCUT2D eigenvalue weighted by atomic mass is 10.0. The van der Waals surface area contributed by atoms with Crippen molar-refractivity contribution in [1.29, 1.82) is 0 Å². The van der Waals surface area contributed by atoms with Gasteiger partial charge in [-0.2, -0.15) is 0 Å². The molecule has 1 atom stereocenters. The van der Waals surface area contributed by atoms with E-state index in [-0.39, 0.29) is 31.1 Å². The molecule has 0 aromatic rings. The molecule has 0 radical (unpaired) electrons. The summed E-state index contributed by atoms with van der Waals surface area (Å²) in [5.74, 6) is -0.851. The van der Waals surface area contributed by atoms with Crippen LogP contribution in [0.5, 0.6) is 0 Å².